The van der Waals surface area contributed by atoms with Crippen LogP contribution < -0.4 is 10.5 Å². The van der Waals surface area contributed by atoms with Crippen LogP contribution in [0, 0.1) is 11.6 Å². The Morgan fingerprint density at radius 1 is 1.29 bits per heavy atom. The van der Waals surface area contributed by atoms with Gasteiger partial charge in [0.05, 0.1) is 6.21 Å². The SMILES string of the molecule is CON=Cc1c(N)ncnc1OCc1ccc(F)c(F)c1. The molecule has 0 aliphatic rings. The van der Waals surface area contributed by atoms with E-state index in [0.717, 1.165) is 12.1 Å². The number of nitrogens with two attached hydrogens (primary N) is 1. The van der Waals surface area contributed by atoms with E-state index in [1.807, 2.05) is 0 Å². The molecule has 0 spiro atoms. The van der Waals surface area contributed by atoms with Crippen LogP contribution >= 0.6 is 0 Å². The number of aromatic nitrogens is 2. The smallest absolute Gasteiger partial charge is 0.228 e. The Bertz CT molecular complexity index is 665. The van der Waals surface area contributed by atoms with E-state index in [2.05, 4.69) is 20.0 Å². The minimum absolute atomic E-state index is 0.0124. The zero-order valence-corrected chi connectivity index (χ0v) is 11.1. The standard InChI is InChI=1S/C13H12F2N4O2/c1-20-19-5-9-12(16)17-7-18-13(9)21-6-8-2-3-10(14)11(15)4-8/h2-5,7H,6H2,1H3,(H2,16,17,18). The maximum absolute atomic E-state index is 13.1. The van der Waals surface area contributed by atoms with Crippen molar-refractivity contribution in [2.24, 2.45) is 5.16 Å². The van der Waals surface area contributed by atoms with Crippen molar-refractivity contribution in [3.63, 3.8) is 0 Å². The van der Waals surface area contributed by atoms with Crippen LogP contribution in [0.3, 0.4) is 0 Å². The van der Waals surface area contributed by atoms with Gasteiger partial charge in [-0.3, -0.25) is 0 Å². The third-order valence-electron chi connectivity index (χ3n) is 2.52. The van der Waals surface area contributed by atoms with E-state index in [9.17, 15) is 8.78 Å². The summed E-state index contributed by atoms with van der Waals surface area (Å²) in [6.07, 6.45) is 2.52. The van der Waals surface area contributed by atoms with E-state index in [1.54, 1.807) is 0 Å². The molecule has 0 unspecified atom stereocenters. The fraction of sp³-hybridized carbons (Fsp3) is 0.154. The summed E-state index contributed by atoms with van der Waals surface area (Å²) in [6, 6.07) is 3.48. The molecule has 1 heterocycles. The number of nitrogen functional groups attached to an aromatic ring is 1. The molecule has 21 heavy (non-hydrogen) atoms. The van der Waals surface area contributed by atoms with Gasteiger partial charge in [-0.15, -0.1) is 0 Å². The quantitative estimate of drug-likeness (QED) is 0.672. The molecule has 1 aromatic heterocycles. The van der Waals surface area contributed by atoms with Crippen LogP contribution in [0.4, 0.5) is 14.6 Å². The summed E-state index contributed by atoms with van der Waals surface area (Å²) in [6.45, 7) is -0.0124. The minimum Gasteiger partial charge on any atom is -0.472 e. The first-order valence-electron chi connectivity index (χ1n) is 5.85. The van der Waals surface area contributed by atoms with E-state index in [0.29, 0.717) is 11.1 Å². The van der Waals surface area contributed by atoms with E-state index in [4.69, 9.17) is 10.5 Å². The molecule has 6 nitrogen and oxygen atoms in total. The molecule has 1 aromatic carbocycles. The van der Waals surface area contributed by atoms with Gasteiger partial charge in [-0.1, -0.05) is 11.2 Å². The van der Waals surface area contributed by atoms with Crippen molar-refractivity contribution >= 4 is 12.0 Å². The molecule has 0 saturated heterocycles. The third kappa shape index (κ3) is 3.62. The van der Waals surface area contributed by atoms with Gasteiger partial charge in [0.25, 0.3) is 0 Å². The zero-order valence-electron chi connectivity index (χ0n) is 11.1. The summed E-state index contributed by atoms with van der Waals surface area (Å²) in [5, 5.41) is 3.57. The Hall–Kier alpha value is -2.77. The van der Waals surface area contributed by atoms with Gasteiger partial charge in [0.2, 0.25) is 5.88 Å². The molecular weight excluding hydrogens is 282 g/mol. The van der Waals surface area contributed by atoms with Crippen LogP contribution in [-0.4, -0.2) is 23.3 Å². The highest BCUT2D eigenvalue weighted by molar-refractivity contribution is 5.87. The lowest BCUT2D eigenvalue weighted by molar-refractivity contribution is 0.215. The summed E-state index contributed by atoms with van der Waals surface area (Å²) in [7, 11) is 1.37. The van der Waals surface area contributed by atoms with Crippen LogP contribution in [0.2, 0.25) is 0 Å². The first-order chi connectivity index (χ1) is 10.1. The van der Waals surface area contributed by atoms with E-state index >= 15 is 0 Å². The molecule has 110 valence electrons. The zero-order chi connectivity index (χ0) is 15.2. The van der Waals surface area contributed by atoms with Crippen LogP contribution in [0.1, 0.15) is 11.1 Å². The van der Waals surface area contributed by atoms with Crippen molar-refractivity contribution in [2.75, 3.05) is 12.8 Å². The van der Waals surface area contributed by atoms with Gasteiger partial charge in [-0.25, -0.2) is 18.7 Å². The lowest BCUT2D eigenvalue weighted by Gasteiger charge is -2.09. The maximum Gasteiger partial charge on any atom is 0.228 e. The maximum atomic E-state index is 13.1. The van der Waals surface area contributed by atoms with E-state index < -0.39 is 11.6 Å². The van der Waals surface area contributed by atoms with Crippen molar-refractivity contribution < 1.29 is 18.4 Å². The van der Waals surface area contributed by atoms with Crippen molar-refractivity contribution in [3.8, 4) is 5.88 Å². The molecule has 0 aliphatic heterocycles. The van der Waals surface area contributed by atoms with Gasteiger partial charge >= 0.3 is 0 Å². The average Bonchev–Trinajstić information content (AvgIpc) is 2.47. The fourth-order valence-electron chi connectivity index (χ4n) is 1.52. The number of benzene rings is 1. The molecule has 2 aromatic rings. The number of hydrogen-bond acceptors (Lipinski definition) is 6. The Labute approximate surface area is 119 Å². The summed E-state index contributed by atoms with van der Waals surface area (Å²) in [5.74, 6) is -1.54. The predicted molar refractivity (Wildman–Crippen MR) is 71.7 cm³/mol. The molecule has 0 aliphatic carbocycles. The molecule has 0 amide bonds. The average molecular weight is 294 g/mol. The lowest BCUT2D eigenvalue weighted by Crippen LogP contribution is -2.05. The minimum atomic E-state index is -0.945. The normalized spacial score (nSPS) is 10.8. The van der Waals surface area contributed by atoms with Gasteiger partial charge in [0.15, 0.2) is 11.6 Å². The van der Waals surface area contributed by atoms with Gasteiger partial charge in [0.1, 0.15) is 31.4 Å². The molecule has 2 rings (SSSR count). The molecule has 0 saturated carbocycles. The highest BCUT2D eigenvalue weighted by Gasteiger charge is 2.10. The highest BCUT2D eigenvalue weighted by Crippen LogP contribution is 2.19. The largest absolute Gasteiger partial charge is 0.472 e. The first kappa shape index (κ1) is 14.6. The van der Waals surface area contributed by atoms with Crippen LogP contribution in [0.25, 0.3) is 0 Å². The van der Waals surface area contributed by atoms with Crippen LogP contribution in [0.5, 0.6) is 5.88 Å². The number of ether oxygens (including phenoxy) is 1. The van der Waals surface area contributed by atoms with Gasteiger partial charge in [0, 0.05) is 0 Å². The Kier molecular flexibility index (Phi) is 4.60. The Balaban J connectivity index is 2.17. The highest BCUT2D eigenvalue weighted by atomic mass is 19.2. The molecule has 2 N–H and O–H groups in total. The molecule has 0 fully saturated rings. The molecule has 0 bridgehead atoms. The van der Waals surface area contributed by atoms with Crippen molar-refractivity contribution in [2.45, 2.75) is 6.61 Å². The Morgan fingerprint density at radius 2 is 2.10 bits per heavy atom. The van der Waals surface area contributed by atoms with Crippen molar-refractivity contribution in [1.82, 2.24) is 9.97 Å². The molecule has 0 radical (unpaired) electrons. The number of hydrogen-bond donors (Lipinski definition) is 1. The summed E-state index contributed by atoms with van der Waals surface area (Å²) < 4.78 is 31.4. The molecular formula is C13H12F2N4O2. The topological polar surface area (TPSA) is 82.6 Å². The molecule has 8 heteroatoms. The van der Waals surface area contributed by atoms with Gasteiger partial charge in [-0.2, -0.15) is 0 Å². The van der Waals surface area contributed by atoms with Gasteiger partial charge in [-0.05, 0) is 17.7 Å². The monoisotopic (exact) mass is 294 g/mol. The molecule has 0 atom stereocenters. The third-order valence-corrected chi connectivity index (χ3v) is 2.52. The lowest BCUT2D eigenvalue weighted by atomic mass is 10.2. The summed E-state index contributed by atoms with van der Waals surface area (Å²) in [4.78, 5) is 12.3. The van der Waals surface area contributed by atoms with Gasteiger partial charge < -0.3 is 15.3 Å². The second kappa shape index (κ2) is 6.60. The fourth-order valence-corrected chi connectivity index (χ4v) is 1.52. The number of anilines is 1. The summed E-state index contributed by atoms with van der Waals surface area (Å²) in [5.41, 5.74) is 6.47. The first-order valence-corrected chi connectivity index (χ1v) is 5.85. The Morgan fingerprint density at radius 3 is 2.81 bits per heavy atom. The second-order valence-corrected chi connectivity index (χ2v) is 3.93. The van der Waals surface area contributed by atoms with E-state index in [-0.39, 0.29) is 18.3 Å². The van der Waals surface area contributed by atoms with Crippen LogP contribution in [-0.2, 0) is 11.4 Å². The summed E-state index contributed by atoms with van der Waals surface area (Å²) >= 11 is 0. The van der Waals surface area contributed by atoms with E-state index in [1.165, 1.54) is 25.7 Å². The van der Waals surface area contributed by atoms with Crippen molar-refractivity contribution in [3.05, 3.63) is 47.3 Å². The predicted octanol–water partition coefficient (Wildman–Crippen LogP) is 1.90. The second-order valence-electron chi connectivity index (χ2n) is 3.93. The number of nitrogens with zero attached hydrogens (tertiary/aromatic N) is 3. The number of rotatable bonds is 5. The number of halogens is 2. The van der Waals surface area contributed by atoms with Crippen LogP contribution in [0.15, 0.2) is 29.7 Å². The number of oxime groups is 1. The van der Waals surface area contributed by atoms with Crippen molar-refractivity contribution in [1.29, 1.82) is 0 Å².